The number of rotatable bonds is 6. The number of hydrogen-bond acceptors (Lipinski definition) is 7. The number of anilines is 1. The van der Waals surface area contributed by atoms with Gasteiger partial charge in [-0.05, 0) is 30.0 Å². The monoisotopic (exact) mass is 409 g/mol. The van der Waals surface area contributed by atoms with Crippen molar-refractivity contribution in [2.24, 2.45) is 0 Å². The van der Waals surface area contributed by atoms with E-state index in [4.69, 9.17) is 15.2 Å². The topological polar surface area (TPSA) is 88.1 Å². The van der Waals surface area contributed by atoms with Crippen LogP contribution in [0.5, 0.6) is 11.5 Å². The predicted molar refractivity (Wildman–Crippen MR) is 97.2 cm³/mol. The molecule has 0 amide bonds. The molecule has 3 aromatic rings. The fourth-order valence-corrected chi connectivity index (χ4v) is 3.66. The van der Waals surface area contributed by atoms with Crippen molar-refractivity contribution in [1.82, 2.24) is 19.5 Å². The second-order valence-electron chi connectivity index (χ2n) is 4.78. The first-order valence-electron chi connectivity index (χ1n) is 7.10. The van der Waals surface area contributed by atoms with Gasteiger partial charge in [0.1, 0.15) is 17.8 Å². The Labute approximate surface area is 151 Å². The number of nitrogens with zero attached hydrogens (tertiary/aromatic N) is 4. The van der Waals surface area contributed by atoms with Gasteiger partial charge in [0.15, 0.2) is 22.1 Å². The summed E-state index contributed by atoms with van der Waals surface area (Å²) in [5, 5.41) is 1.54. The minimum atomic E-state index is 0.368. The second-order valence-corrected chi connectivity index (χ2v) is 6.59. The van der Waals surface area contributed by atoms with Gasteiger partial charge < -0.3 is 19.8 Å². The Morgan fingerprint density at radius 3 is 2.79 bits per heavy atom. The highest BCUT2D eigenvalue weighted by Crippen LogP contribution is 2.38. The minimum Gasteiger partial charge on any atom is -0.497 e. The maximum absolute atomic E-state index is 5.94. The van der Waals surface area contributed by atoms with E-state index >= 15 is 0 Å². The van der Waals surface area contributed by atoms with Crippen molar-refractivity contribution in [3.63, 3.8) is 0 Å². The molecule has 0 saturated heterocycles. The summed E-state index contributed by atoms with van der Waals surface area (Å²) in [6, 6.07) is 5.64. The van der Waals surface area contributed by atoms with Gasteiger partial charge >= 0.3 is 0 Å². The molecule has 0 saturated carbocycles. The number of halogens is 1. The molecule has 0 unspecified atom stereocenters. The van der Waals surface area contributed by atoms with Crippen molar-refractivity contribution in [2.75, 3.05) is 25.3 Å². The number of aromatic nitrogens is 4. The van der Waals surface area contributed by atoms with Crippen LogP contribution in [-0.4, -0.2) is 39.1 Å². The van der Waals surface area contributed by atoms with Crippen LogP contribution in [0.25, 0.3) is 11.2 Å². The SMILES string of the molecule is COc1ccc(OC)c(Sc2nc3c(N)ncnc3n2CCBr)c1. The molecule has 0 spiro atoms. The van der Waals surface area contributed by atoms with E-state index in [1.807, 2.05) is 22.8 Å². The Hall–Kier alpha value is -2.00. The number of imidazole rings is 1. The van der Waals surface area contributed by atoms with E-state index in [0.717, 1.165) is 26.9 Å². The summed E-state index contributed by atoms with van der Waals surface area (Å²) in [4.78, 5) is 13.8. The Bertz CT molecular complexity index is 870. The summed E-state index contributed by atoms with van der Waals surface area (Å²) in [5.41, 5.74) is 7.25. The zero-order valence-electron chi connectivity index (χ0n) is 13.2. The smallest absolute Gasteiger partial charge is 0.175 e. The largest absolute Gasteiger partial charge is 0.497 e. The van der Waals surface area contributed by atoms with Gasteiger partial charge in [-0.2, -0.15) is 0 Å². The number of nitrogen functional groups attached to an aromatic ring is 1. The third-order valence-corrected chi connectivity index (χ3v) is 4.79. The van der Waals surface area contributed by atoms with E-state index in [1.54, 1.807) is 14.2 Å². The van der Waals surface area contributed by atoms with E-state index < -0.39 is 0 Å². The average Bonchev–Trinajstić information content (AvgIpc) is 2.94. The van der Waals surface area contributed by atoms with E-state index in [0.29, 0.717) is 23.5 Å². The zero-order valence-corrected chi connectivity index (χ0v) is 15.6. The zero-order chi connectivity index (χ0) is 17.1. The predicted octanol–water partition coefficient (Wildman–Crippen LogP) is 2.97. The lowest BCUT2D eigenvalue weighted by molar-refractivity contribution is 0.394. The normalized spacial score (nSPS) is 11.0. The summed E-state index contributed by atoms with van der Waals surface area (Å²) in [7, 11) is 3.27. The minimum absolute atomic E-state index is 0.368. The molecule has 0 radical (unpaired) electrons. The molecule has 7 nitrogen and oxygen atoms in total. The molecule has 0 aliphatic heterocycles. The van der Waals surface area contributed by atoms with Crippen LogP contribution in [0.15, 0.2) is 34.6 Å². The number of alkyl halides is 1. The number of hydrogen-bond donors (Lipinski definition) is 1. The molecule has 24 heavy (non-hydrogen) atoms. The molecule has 0 atom stereocenters. The van der Waals surface area contributed by atoms with Crippen LogP contribution >= 0.6 is 27.7 Å². The third-order valence-electron chi connectivity index (χ3n) is 3.41. The molecule has 2 aromatic heterocycles. The molecule has 0 aliphatic rings. The lowest BCUT2D eigenvalue weighted by Gasteiger charge is -2.11. The molecular weight excluding hydrogens is 394 g/mol. The molecular formula is C15H16BrN5O2S. The number of ether oxygens (including phenoxy) is 2. The van der Waals surface area contributed by atoms with Gasteiger partial charge in [-0.1, -0.05) is 15.9 Å². The van der Waals surface area contributed by atoms with Gasteiger partial charge in [0.25, 0.3) is 0 Å². The Kier molecular flexibility index (Phi) is 5.10. The molecule has 9 heteroatoms. The van der Waals surface area contributed by atoms with Gasteiger partial charge in [-0.15, -0.1) is 0 Å². The number of benzene rings is 1. The highest BCUT2D eigenvalue weighted by atomic mass is 79.9. The van der Waals surface area contributed by atoms with Crippen LogP contribution in [0.1, 0.15) is 0 Å². The number of fused-ring (bicyclic) bond motifs is 1. The van der Waals surface area contributed by atoms with Crippen molar-refractivity contribution in [1.29, 1.82) is 0 Å². The lowest BCUT2D eigenvalue weighted by Crippen LogP contribution is -2.02. The van der Waals surface area contributed by atoms with E-state index in [9.17, 15) is 0 Å². The Morgan fingerprint density at radius 1 is 1.25 bits per heavy atom. The Morgan fingerprint density at radius 2 is 2.08 bits per heavy atom. The van der Waals surface area contributed by atoms with Gasteiger partial charge in [-0.25, -0.2) is 15.0 Å². The van der Waals surface area contributed by atoms with Crippen LogP contribution in [-0.2, 0) is 6.54 Å². The van der Waals surface area contributed by atoms with Crippen molar-refractivity contribution in [3.8, 4) is 11.5 Å². The number of nitrogens with two attached hydrogens (primary N) is 1. The van der Waals surface area contributed by atoms with Crippen molar-refractivity contribution >= 4 is 44.7 Å². The second kappa shape index (κ2) is 7.27. The molecule has 0 fully saturated rings. The highest BCUT2D eigenvalue weighted by molar-refractivity contribution is 9.09. The first-order valence-corrected chi connectivity index (χ1v) is 9.04. The maximum atomic E-state index is 5.94. The fourth-order valence-electron chi connectivity index (χ4n) is 2.26. The molecule has 2 N–H and O–H groups in total. The first kappa shape index (κ1) is 16.8. The first-order chi connectivity index (χ1) is 11.7. The maximum Gasteiger partial charge on any atom is 0.175 e. The van der Waals surface area contributed by atoms with Crippen LogP contribution in [0.2, 0.25) is 0 Å². The molecule has 0 aliphatic carbocycles. The summed E-state index contributed by atoms with van der Waals surface area (Å²) in [6.07, 6.45) is 1.45. The molecule has 1 aromatic carbocycles. The van der Waals surface area contributed by atoms with Crippen molar-refractivity contribution < 1.29 is 9.47 Å². The summed E-state index contributed by atoms with van der Waals surface area (Å²) in [6.45, 7) is 0.710. The van der Waals surface area contributed by atoms with Gasteiger partial charge in [0.05, 0.1) is 19.1 Å². The van der Waals surface area contributed by atoms with E-state index in [2.05, 4.69) is 30.9 Å². The van der Waals surface area contributed by atoms with Crippen LogP contribution in [0, 0.1) is 0 Å². The van der Waals surface area contributed by atoms with Crippen molar-refractivity contribution in [2.45, 2.75) is 16.6 Å². The van der Waals surface area contributed by atoms with E-state index in [-0.39, 0.29) is 0 Å². The quantitative estimate of drug-likeness (QED) is 0.625. The highest BCUT2D eigenvalue weighted by Gasteiger charge is 2.17. The Balaban J connectivity index is 2.10. The summed E-state index contributed by atoms with van der Waals surface area (Å²) < 4.78 is 12.7. The number of methoxy groups -OCH3 is 2. The average molecular weight is 410 g/mol. The van der Waals surface area contributed by atoms with Crippen LogP contribution in [0.3, 0.4) is 0 Å². The van der Waals surface area contributed by atoms with Gasteiger partial charge in [-0.3, -0.25) is 0 Å². The van der Waals surface area contributed by atoms with Crippen LogP contribution < -0.4 is 15.2 Å². The third kappa shape index (κ3) is 3.13. The van der Waals surface area contributed by atoms with E-state index in [1.165, 1.54) is 18.1 Å². The fraction of sp³-hybridized carbons (Fsp3) is 0.267. The molecule has 2 heterocycles. The molecule has 126 valence electrons. The lowest BCUT2D eigenvalue weighted by atomic mass is 10.3. The van der Waals surface area contributed by atoms with Gasteiger partial charge in [0.2, 0.25) is 0 Å². The molecule has 0 bridgehead atoms. The standard InChI is InChI=1S/C15H16BrN5O2S/c1-22-9-3-4-10(23-2)11(7-9)24-15-20-12-13(17)18-8-19-14(12)21(15)6-5-16/h3-4,7-8H,5-6H2,1-2H3,(H2,17,18,19). The molecule has 3 rings (SSSR count). The van der Waals surface area contributed by atoms with Crippen LogP contribution in [0.4, 0.5) is 5.82 Å². The summed E-state index contributed by atoms with van der Waals surface area (Å²) >= 11 is 4.94. The summed E-state index contributed by atoms with van der Waals surface area (Å²) in [5.74, 6) is 1.87. The van der Waals surface area contributed by atoms with Crippen molar-refractivity contribution in [3.05, 3.63) is 24.5 Å². The number of aryl methyl sites for hydroxylation is 1. The van der Waals surface area contributed by atoms with Gasteiger partial charge in [0, 0.05) is 11.9 Å².